The SMILES string of the molecule is CC(O)CCNC(C)CC1CCCO1. The summed E-state index contributed by atoms with van der Waals surface area (Å²) in [6.45, 7) is 5.84. The number of rotatable bonds is 6. The van der Waals surface area contributed by atoms with Gasteiger partial charge < -0.3 is 15.2 Å². The van der Waals surface area contributed by atoms with E-state index < -0.39 is 0 Å². The Kier molecular flexibility index (Phi) is 5.45. The molecule has 0 amide bonds. The van der Waals surface area contributed by atoms with Crippen LogP contribution in [0.4, 0.5) is 0 Å². The van der Waals surface area contributed by atoms with Crippen molar-refractivity contribution >= 4 is 0 Å². The van der Waals surface area contributed by atoms with Crippen LogP contribution in [0.3, 0.4) is 0 Å². The first kappa shape index (κ1) is 12.0. The lowest BCUT2D eigenvalue weighted by Gasteiger charge is -2.17. The van der Waals surface area contributed by atoms with Crippen LogP contribution in [0.15, 0.2) is 0 Å². The topological polar surface area (TPSA) is 41.5 Å². The van der Waals surface area contributed by atoms with Crippen LogP contribution in [0.2, 0.25) is 0 Å². The maximum atomic E-state index is 9.08. The smallest absolute Gasteiger partial charge is 0.0590 e. The quantitative estimate of drug-likeness (QED) is 0.680. The normalized spacial score (nSPS) is 26.4. The van der Waals surface area contributed by atoms with E-state index in [2.05, 4.69) is 12.2 Å². The molecular weight excluding hydrogens is 178 g/mol. The van der Waals surface area contributed by atoms with Crippen LogP contribution >= 0.6 is 0 Å². The molecule has 0 aromatic carbocycles. The minimum atomic E-state index is -0.197. The second kappa shape index (κ2) is 6.38. The average molecular weight is 201 g/mol. The van der Waals surface area contributed by atoms with Gasteiger partial charge in [0.25, 0.3) is 0 Å². The molecule has 1 aliphatic heterocycles. The molecule has 84 valence electrons. The maximum absolute atomic E-state index is 9.08. The summed E-state index contributed by atoms with van der Waals surface area (Å²) in [5, 5.41) is 12.5. The minimum Gasteiger partial charge on any atom is -0.393 e. The first-order valence-electron chi connectivity index (χ1n) is 5.71. The monoisotopic (exact) mass is 201 g/mol. The first-order valence-corrected chi connectivity index (χ1v) is 5.71. The van der Waals surface area contributed by atoms with Gasteiger partial charge in [-0.25, -0.2) is 0 Å². The molecule has 3 atom stereocenters. The lowest BCUT2D eigenvalue weighted by molar-refractivity contribution is 0.0957. The zero-order valence-electron chi connectivity index (χ0n) is 9.33. The molecule has 0 aromatic rings. The predicted octanol–water partition coefficient (Wildman–Crippen LogP) is 1.30. The summed E-state index contributed by atoms with van der Waals surface area (Å²) in [5.41, 5.74) is 0. The molecule has 14 heavy (non-hydrogen) atoms. The lowest BCUT2D eigenvalue weighted by atomic mass is 10.1. The maximum Gasteiger partial charge on any atom is 0.0590 e. The van der Waals surface area contributed by atoms with Crippen LogP contribution in [-0.4, -0.2) is 36.5 Å². The van der Waals surface area contributed by atoms with E-state index in [1.54, 1.807) is 0 Å². The molecule has 1 aliphatic rings. The fourth-order valence-corrected chi connectivity index (χ4v) is 1.85. The average Bonchev–Trinajstić information content (AvgIpc) is 2.56. The Hall–Kier alpha value is -0.120. The second-order valence-corrected chi connectivity index (χ2v) is 4.36. The van der Waals surface area contributed by atoms with Gasteiger partial charge in [-0.3, -0.25) is 0 Å². The number of aliphatic hydroxyl groups excluding tert-OH is 1. The highest BCUT2D eigenvalue weighted by Gasteiger charge is 2.17. The summed E-state index contributed by atoms with van der Waals surface area (Å²) in [5.74, 6) is 0. The van der Waals surface area contributed by atoms with Crippen molar-refractivity contribution in [1.82, 2.24) is 5.32 Å². The largest absolute Gasteiger partial charge is 0.393 e. The zero-order valence-corrected chi connectivity index (χ0v) is 9.33. The van der Waals surface area contributed by atoms with Gasteiger partial charge in [-0.05, 0) is 46.1 Å². The van der Waals surface area contributed by atoms with Gasteiger partial charge >= 0.3 is 0 Å². The minimum absolute atomic E-state index is 0.197. The van der Waals surface area contributed by atoms with Crippen molar-refractivity contribution in [2.45, 2.75) is 57.8 Å². The number of hydrogen-bond donors (Lipinski definition) is 2. The fourth-order valence-electron chi connectivity index (χ4n) is 1.85. The Balaban J connectivity index is 2.00. The Bertz CT molecular complexity index is 144. The summed E-state index contributed by atoms with van der Waals surface area (Å²) >= 11 is 0. The third-order valence-electron chi connectivity index (χ3n) is 2.70. The van der Waals surface area contributed by atoms with Crippen molar-refractivity contribution in [1.29, 1.82) is 0 Å². The molecular formula is C11H23NO2. The van der Waals surface area contributed by atoms with Crippen LogP contribution in [0, 0.1) is 0 Å². The van der Waals surface area contributed by atoms with Gasteiger partial charge in [0, 0.05) is 12.6 Å². The third kappa shape index (κ3) is 4.94. The molecule has 0 radical (unpaired) electrons. The van der Waals surface area contributed by atoms with Crippen LogP contribution in [-0.2, 0) is 4.74 Å². The Morgan fingerprint density at radius 2 is 2.29 bits per heavy atom. The van der Waals surface area contributed by atoms with Gasteiger partial charge in [-0.15, -0.1) is 0 Å². The molecule has 0 spiro atoms. The summed E-state index contributed by atoms with van der Waals surface area (Å²) < 4.78 is 5.56. The highest BCUT2D eigenvalue weighted by Crippen LogP contribution is 2.16. The van der Waals surface area contributed by atoms with E-state index in [0.29, 0.717) is 12.1 Å². The van der Waals surface area contributed by atoms with E-state index in [0.717, 1.165) is 26.0 Å². The van der Waals surface area contributed by atoms with E-state index in [1.165, 1.54) is 12.8 Å². The number of hydrogen-bond acceptors (Lipinski definition) is 3. The molecule has 1 saturated heterocycles. The van der Waals surface area contributed by atoms with Gasteiger partial charge in [0.2, 0.25) is 0 Å². The Morgan fingerprint density at radius 1 is 1.50 bits per heavy atom. The van der Waals surface area contributed by atoms with Crippen molar-refractivity contribution < 1.29 is 9.84 Å². The van der Waals surface area contributed by atoms with Crippen molar-refractivity contribution in [2.24, 2.45) is 0 Å². The Morgan fingerprint density at radius 3 is 2.86 bits per heavy atom. The van der Waals surface area contributed by atoms with Crippen LogP contribution in [0.25, 0.3) is 0 Å². The second-order valence-electron chi connectivity index (χ2n) is 4.36. The molecule has 3 unspecified atom stereocenters. The highest BCUT2D eigenvalue weighted by atomic mass is 16.5. The molecule has 1 heterocycles. The summed E-state index contributed by atoms with van der Waals surface area (Å²) in [7, 11) is 0. The molecule has 3 heteroatoms. The molecule has 0 aromatic heterocycles. The lowest BCUT2D eigenvalue weighted by Crippen LogP contribution is -2.31. The Labute approximate surface area is 86.8 Å². The summed E-state index contributed by atoms with van der Waals surface area (Å²) in [6.07, 6.45) is 4.62. The summed E-state index contributed by atoms with van der Waals surface area (Å²) in [6, 6.07) is 0.497. The van der Waals surface area contributed by atoms with E-state index >= 15 is 0 Å². The highest BCUT2D eigenvalue weighted by molar-refractivity contribution is 4.72. The van der Waals surface area contributed by atoms with Crippen molar-refractivity contribution in [3.05, 3.63) is 0 Å². The first-order chi connectivity index (χ1) is 6.68. The molecule has 0 bridgehead atoms. The van der Waals surface area contributed by atoms with E-state index in [9.17, 15) is 0 Å². The van der Waals surface area contributed by atoms with Gasteiger partial charge in [0.15, 0.2) is 0 Å². The molecule has 1 rings (SSSR count). The standard InChI is InChI=1S/C11H23NO2/c1-9(12-6-5-10(2)13)8-11-4-3-7-14-11/h9-13H,3-8H2,1-2H3. The van der Waals surface area contributed by atoms with Crippen molar-refractivity contribution in [3.63, 3.8) is 0 Å². The van der Waals surface area contributed by atoms with Crippen LogP contribution < -0.4 is 5.32 Å². The van der Waals surface area contributed by atoms with Crippen LogP contribution in [0.5, 0.6) is 0 Å². The molecule has 0 saturated carbocycles. The van der Waals surface area contributed by atoms with E-state index in [1.807, 2.05) is 6.92 Å². The van der Waals surface area contributed by atoms with Gasteiger partial charge in [-0.2, -0.15) is 0 Å². The number of ether oxygens (including phenoxy) is 1. The van der Waals surface area contributed by atoms with E-state index in [-0.39, 0.29) is 6.10 Å². The van der Waals surface area contributed by atoms with Crippen LogP contribution in [0.1, 0.15) is 39.5 Å². The molecule has 2 N–H and O–H groups in total. The number of nitrogens with one attached hydrogen (secondary N) is 1. The van der Waals surface area contributed by atoms with Crippen molar-refractivity contribution in [3.8, 4) is 0 Å². The molecule has 1 fully saturated rings. The number of aliphatic hydroxyl groups is 1. The molecule has 0 aliphatic carbocycles. The van der Waals surface area contributed by atoms with Crippen molar-refractivity contribution in [2.75, 3.05) is 13.2 Å². The summed E-state index contributed by atoms with van der Waals surface area (Å²) in [4.78, 5) is 0. The van der Waals surface area contributed by atoms with E-state index in [4.69, 9.17) is 9.84 Å². The third-order valence-corrected chi connectivity index (χ3v) is 2.70. The van der Waals surface area contributed by atoms with Gasteiger partial charge in [0.05, 0.1) is 12.2 Å². The predicted molar refractivity (Wildman–Crippen MR) is 57.4 cm³/mol. The molecule has 3 nitrogen and oxygen atoms in total. The zero-order chi connectivity index (χ0) is 10.4. The fraction of sp³-hybridized carbons (Fsp3) is 1.00. The van der Waals surface area contributed by atoms with Gasteiger partial charge in [0.1, 0.15) is 0 Å². The van der Waals surface area contributed by atoms with Gasteiger partial charge in [-0.1, -0.05) is 0 Å².